The Balaban J connectivity index is 1.32. The molecule has 0 aromatic carbocycles. The second-order valence-electron chi connectivity index (χ2n) is 8.90. The predicted octanol–water partition coefficient (Wildman–Crippen LogP) is 1.85. The maximum atomic E-state index is 13.1. The highest BCUT2D eigenvalue weighted by Gasteiger charge is 2.39. The summed E-state index contributed by atoms with van der Waals surface area (Å²) in [4.78, 5) is 12.5. The average Bonchev–Trinajstić information content (AvgIpc) is 3.45. The molecule has 4 rings (SSSR count). The maximum absolute atomic E-state index is 13.1. The van der Waals surface area contributed by atoms with Gasteiger partial charge >= 0.3 is 0 Å². The molecule has 162 valence electrons. The fourth-order valence-corrected chi connectivity index (χ4v) is 6.70. The molecule has 2 aliphatic carbocycles. The molecule has 2 saturated carbocycles. The zero-order chi connectivity index (χ0) is 20.6. The normalized spacial score (nSPS) is 31.5. The molecule has 8 nitrogen and oxygen atoms in total. The van der Waals surface area contributed by atoms with Gasteiger partial charge in [-0.05, 0) is 57.9 Å². The van der Waals surface area contributed by atoms with E-state index in [9.17, 15) is 13.2 Å². The van der Waals surface area contributed by atoms with E-state index in [1.165, 1.54) is 0 Å². The summed E-state index contributed by atoms with van der Waals surface area (Å²) in [7, 11) is -1.35. The average molecular weight is 425 g/mol. The first-order valence-electron chi connectivity index (χ1n) is 10.8. The first kappa shape index (κ1) is 20.8. The van der Waals surface area contributed by atoms with Crippen LogP contribution in [0.2, 0.25) is 0 Å². The van der Waals surface area contributed by atoms with Crippen LogP contribution in [0.5, 0.6) is 0 Å². The number of nitrogens with one attached hydrogen (secondary N) is 2. The summed E-state index contributed by atoms with van der Waals surface area (Å²) in [6.45, 7) is 2.91. The summed E-state index contributed by atoms with van der Waals surface area (Å²) in [5.74, 6) is 1.02. The van der Waals surface area contributed by atoms with E-state index in [2.05, 4.69) is 15.8 Å². The summed E-state index contributed by atoms with van der Waals surface area (Å²) in [6.07, 6.45) is 6.05. The number of rotatable bonds is 6. The minimum atomic E-state index is -3.29. The lowest BCUT2D eigenvalue weighted by atomic mass is 9.95. The molecule has 2 atom stereocenters. The van der Waals surface area contributed by atoms with Crippen LogP contribution in [0, 0.1) is 5.92 Å². The number of nitrogens with zero attached hydrogens (tertiary/aromatic N) is 2. The number of hydrogen-bond acceptors (Lipinski definition) is 6. The van der Waals surface area contributed by atoms with Crippen LogP contribution in [-0.4, -0.2) is 61.3 Å². The largest absolute Gasteiger partial charge is 0.360 e. The van der Waals surface area contributed by atoms with Crippen molar-refractivity contribution < 1.29 is 17.7 Å². The molecule has 1 aromatic heterocycles. The molecule has 29 heavy (non-hydrogen) atoms. The topological polar surface area (TPSA) is 105 Å². The molecular weight excluding hydrogens is 392 g/mol. The third-order valence-electron chi connectivity index (χ3n) is 6.79. The Morgan fingerprint density at radius 2 is 1.90 bits per heavy atom. The Morgan fingerprint density at radius 1 is 1.17 bits per heavy atom. The van der Waals surface area contributed by atoms with Gasteiger partial charge in [0.15, 0.2) is 5.69 Å². The van der Waals surface area contributed by atoms with E-state index in [4.69, 9.17) is 4.52 Å². The third-order valence-corrected chi connectivity index (χ3v) is 9.15. The van der Waals surface area contributed by atoms with E-state index in [0.717, 1.165) is 31.4 Å². The number of carbonyl (C=O) groups excluding carboxylic acids is 1. The van der Waals surface area contributed by atoms with Crippen LogP contribution < -0.4 is 10.6 Å². The van der Waals surface area contributed by atoms with Gasteiger partial charge in [-0.25, -0.2) is 12.7 Å². The van der Waals surface area contributed by atoms with Crippen molar-refractivity contribution in [3.05, 3.63) is 17.5 Å². The zero-order valence-electron chi connectivity index (χ0n) is 17.3. The molecule has 3 aliphatic rings. The van der Waals surface area contributed by atoms with Gasteiger partial charge < -0.3 is 15.2 Å². The van der Waals surface area contributed by atoms with Crippen LogP contribution in [0.1, 0.15) is 74.0 Å². The Kier molecular flexibility index (Phi) is 5.99. The van der Waals surface area contributed by atoms with Crippen LogP contribution >= 0.6 is 0 Å². The Labute approximate surface area is 172 Å². The van der Waals surface area contributed by atoms with Crippen molar-refractivity contribution in [2.24, 2.45) is 5.92 Å². The lowest BCUT2D eigenvalue weighted by Gasteiger charge is -2.39. The molecule has 0 unspecified atom stereocenters. The molecule has 0 radical (unpaired) electrons. The molecule has 1 aliphatic heterocycles. The predicted molar refractivity (Wildman–Crippen MR) is 109 cm³/mol. The van der Waals surface area contributed by atoms with Gasteiger partial charge in [-0.1, -0.05) is 12.1 Å². The molecule has 2 heterocycles. The van der Waals surface area contributed by atoms with Gasteiger partial charge in [-0.15, -0.1) is 0 Å². The van der Waals surface area contributed by atoms with Crippen LogP contribution in [0.4, 0.5) is 0 Å². The molecule has 9 heteroatoms. The molecule has 1 saturated heterocycles. The van der Waals surface area contributed by atoms with Crippen molar-refractivity contribution in [3.8, 4) is 0 Å². The number of piperidine rings is 1. The Hall–Kier alpha value is -1.45. The van der Waals surface area contributed by atoms with E-state index in [1.54, 1.807) is 10.4 Å². The van der Waals surface area contributed by atoms with Crippen molar-refractivity contribution in [2.75, 3.05) is 20.1 Å². The van der Waals surface area contributed by atoms with Crippen molar-refractivity contribution in [1.29, 1.82) is 0 Å². The number of carbonyl (C=O) groups is 1. The monoisotopic (exact) mass is 424 g/mol. The fraction of sp³-hybridized carbons (Fsp3) is 0.800. The van der Waals surface area contributed by atoms with Crippen molar-refractivity contribution in [1.82, 2.24) is 20.1 Å². The Bertz CT molecular complexity index is 827. The zero-order valence-corrected chi connectivity index (χ0v) is 18.1. The number of amides is 1. The van der Waals surface area contributed by atoms with Crippen molar-refractivity contribution in [3.63, 3.8) is 0 Å². The highest BCUT2D eigenvalue weighted by Crippen LogP contribution is 2.40. The van der Waals surface area contributed by atoms with E-state index in [0.29, 0.717) is 50.0 Å². The summed E-state index contributed by atoms with van der Waals surface area (Å²) >= 11 is 0. The van der Waals surface area contributed by atoms with Crippen molar-refractivity contribution in [2.45, 2.75) is 75.1 Å². The number of sulfonamides is 1. The number of aromatic nitrogens is 1. The summed E-state index contributed by atoms with van der Waals surface area (Å²) in [5.41, 5.74) is 0.315. The number of hydrogen-bond donors (Lipinski definition) is 2. The van der Waals surface area contributed by atoms with E-state index in [1.807, 2.05) is 14.0 Å². The van der Waals surface area contributed by atoms with Crippen LogP contribution in [0.25, 0.3) is 0 Å². The smallest absolute Gasteiger partial charge is 0.273 e. The highest BCUT2D eigenvalue weighted by molar-refractivity contribution is 7.89. The second kappa shape index (κ2) is 8.35. The third kappa shape index (κ3) is 4.51. The molecule has 3 fully saturated rings. The van der Waals surface area contributed by atoms with E-state index >= 15 is 0 Å². The van der Waals surface area contributed by atoms with Gasteiger partial charge in [-0.3, -0.25) is 4.79 Å². The minimum absolute atomic E-state index is 0.0472. The molecule has 1 amide bonds. The van der Waals surface area contributed by atoms with Gasteiger partial charge in [0.1, 0.15) is 5.76 Å². The van der Waals surface area contributed by atoms with Gasteiger partial charge in [-0.2, -0.15) is 0 Å². The van der Waals surface area contributed by atoms with Gasteiger partial charge in [0.2, 0.25) is 10.0 Å². The summed E-state index contributed by atoms with van der Waals surface area (Å²) in [5, 5.41) is 9.90. The van der Waals surface area contributed by atoms with E-state index in [-0.39, 0.29) is 23.1 Å². The summed E-state index contributed by atoms with van der Waals surface area (Å²) in [6, 6.07) is 2.10. The van der Waals surface area contributed by atoms with Crippen LogP contribution in [0.15, 0.2) is 10.6 Å². The standard InChI is InChI=1S/C20H32N4O4S/c1-13-12-24(29(26,27)16-7-5-15(21-2)6-8-16)10-9-17(13)22-20(25)18-11-19(28-23-18)14-3-4-14/h11,13-17,21H,3-10,12H2,1-2H3,(H,22,25)/t13-,15-,16-,17+/m0/s1. The molecule has 0 spiro atoms. The lowest BCUT2D eigenvalue weighted by molar-refractivity contribution is 0.0891. The van der Waals surface area contributed by atoms with Gasteiger partial charge in [0.25, 0.3) is 5.91 Å². The minimum Gasteiger partial charge on any atom is -0.360 e. The van der Waals surface area contributed by atoms with Crippen molar-refractivity contribution >= 4 is 15.9 Å². The molecule has 1 aromatic rings. The second-order valence-corrected chi connectivity index (χ2v) is 11.1. The highest BCUT2D eigenvalue weighted by atomic mass is 32.2. The lowest BCUT2D eigenvalue weighted by Crippen LogP contribution is -2.53. The van der Waals surface area contributed by atoms with Crippen LogP contribution in [0.3, 0.4) is 0 Å². The maximum Gasteiger partial charge on any atom is 0.273 e. The van der Waals surface area contributed by atoms with Gasteiger partial charge in [0, 0.05) is 37.2 Å². The quantitative estimate of drug-likeness (QED) is 0.722. The first-order valence-corrected chi connectivity index (χ1v) is 12.3. The van der Waals surface area contributed by atoms with Gasteiger partial charge in [0.05, 0.1) is 5.25 Å². The van der Waals surface area contributed by atoms with E-state index < -0.39 is 10.0 Å². The van der Waals surface area contributed by atoms with Crippen LogP contribution in [-0.2, 0) is 10.0 Å². The summed E-state index contributed by atoms with van der Waals surface area (Å²) < 4.78 is 33.1. The molecule has 0 bridgehead atoms. The molecular formula is C20H32N4O4S. The SMILES string of the molecule is CN[C@H]1CC[C@H](S(=O)(=O)N2CC[C@@H](NC(=O)c3cc(C4CC4)on3)[C@@H](C)C2)CC1. The fourth-order valence-electron chi connectivity index (χ4n) is 4.61. The first-order chi connectivity index (χ1) is 13.9. The molecule has 2 N–H and O–H groups in total. The Morgan fingerprint density at radius 3 is 2.52 bits per heavy atom.